The molecule has 3 rings (SSSR count). The van der Waals surface area contributed by atoms with Crippen molar-refractivity contribution in [2.24, 2.45) is 0 Å². The van der Waals surface area contributed by atoms with Gasteiger partial charge in [-0.05, 0) is 37.0 Å². The van der Waals surface area contributed by atoms with Gasteiger partial charge in [-0.25, -0.2) is 17.6 Å². The van der Waals surface area contributed by atoms with E-state index in [2.05, 4.69) is 10.6 Å². The molecule has 1 aromatic rings. The first-order chi connectivity index (χ1) is 11.4. The Morgan fingerprint density at radius 3 is 2.58 bits per heavy atom. The SMILES string of the molecule is O=C(N[C@@H]1CCS(=O)(=O)C1)N[C@@H](c1ccc(F)cc1)[C@H]1CCCO1. The van der Waals surface area contributed by atoms with Crippen molar-refractivity contribution in [3.05, 3.63) is 35.6 Å². The fraction of sp³-hybridized carbons (Fsp3) is 0.562. The van der Waals surface area contributed by atoms with Gasteiger partial charge in [0.05, 0.1) is 23.7 Å². The van der Waals surface area contributed by atoms with Crippen LogP contribution in [0.2, 0.25) is 0 Å². The lowest BCUT2D eigenvalue weighted by Crippen LogP contribution is -2.46. The number of ether oxygens (including phenoxy) is 1. The van der Waals surface area contributed by atoms with Crippen molar-refractivity contribution >= 4 is 15.9 Å². The molecule has 0 bridgehead atoms. The van der Waals surface area contributed by atoms with Crippen LogP contribution in [0.25, 0.3) is 0 Å². The van der Waals surface area contributed by atoms with Crippen molar-refractivity contribution in [1.82, 2.24) is 10.6 Å². The maximum absolute atomic E-state index is 13.1. The zero-order valence-corrected chi connectivity index (χ0v) is 14.0. The third-order valence-corrected chi connectivity index (χ3v) is 6.19. The molecule has 3 atom stereocenters. The Morgan fingerprint density at radius 2 is 2.00 bits per heavy atom. The number of nitrogens with one attached hydrogen (secondary N) is 2. The van der Waals surface area contributed by atoms with Crippen molar-refractivity contribution in [2.75, 3.05) is 18.1 Å². The number of sulfone groups is 1. The normalized spacial score (nSPS) is 26.9. The van der Waals surface area contributed by atoms with Crippen LogP contribution >= 0.6 is 0 Å². The van der Waals surface area contributed by atoms with Crippen molar-refractivity contribution in [3.8, 4) is 0 Å². The first-order valence-corrected chi connectivity index (χ1v) is 9.90. The van der Waals surface area contributed by atoms with Gasteiger partial charge in [-0.3, -0.25) is 0 Å². The fourth-order valence-corrected chi connectivity index (χ4v) is 4.88. The summed E-state index contributed by atoms with van der Waals surface area (Å²) in [5.74, 6) is -0.266. The molecular weight excluding hydrogens is 335 g/mol. The zero-order valence-electron chi connectivity index (χ0n) is 13.2. The van der Waals surface area contributed by atoms with Gasteiger partial charge in [-0.1, -0.05) is 12.1 Å². The Hall–Kier alpha value is -1.67. The van der Waals surface area contributed by atoms with Gasteiger partial charge in [0, 0.05) is 12.6 Å². The first-order valence-electron chi connectivity index (χ1n) is 8.07. The Balaban J connectivity index is 1.67. The predicted octanol–water partition coefficient (Wildman–Crippen LogP) is 1.53. The van der Waals surface area contributed by atoms with Crippen LogP contribution in [-0.4, -0.2) is 44.7 Å². The number of hydrogen-bond acceptors (Lipinski definition) is 4. The average molecular weight is 356 g/mol. The minimum Gasteiger partial charge on any atom is -0.376 e. The smallest absolute Gasteiger partial charge is 0.315 e. The monoisotopic (exact) mass is 356 g/mol. The van der Waals surface area contributed by atoms with Gasteiger partial charge in [0.2, 0.25) is 0 Å². The summed E-state index contributed by atoms with van der Waals surface area (Å²) in [5.41, 5.74) is 0.762. The summed E-state index contributed by atoms with van der Waals surface area (Å²) in [7, 11) is -3.05. The minimum atomic E-state index is -3.05. The third-order valence-electron chi connectivity index (χ3n) is 4.42. The minimum absolute atomic E-state index is 0.0262. The highest BCUT2D eigenvalue weighted by Crippen LogP contribution is 2.27. The van der Waals surface area contributed by atoms with E-state index in [0.717, 1.165) is 18.4 Å². The summed E-state index contributed by atoms with van der Waals surface area (Å²) < 4.78 is 41.8. The summed E-state index contributed by atoms with van der Waals surface area (Å²) in [6, 6.07) is 4.76. The van der Waals surface area contributed by atoms with Crippen molar-refractivity contribution in [2.45, 2.75) is 37.5 Å². The molecule has 2 aliphatic rings. The second-order valence-electron chi connectivity index (χ2n) is 6.30. The van der Waals surface area contributed by atoms with Gasteiger partial charge in [-0.15, -0.1) is 0 Å². The first kappa shape index (κ1) is 17.2. The molecule has 0 spiro atoms. The zero-order chi connectivity index (χ0) is 17.2. The van der Waals surface area contributed by atoms with Crippen LogP contribution in [0.3, 0.4) is 0 Å². The molecular formula is C16H21FN2O4S. The molecule has 0 saturated carbocycles. The maximum atomic E-state index is 13.1. The quantitative estimate of drug-likeness (QED) is 0.857. The molecule has 0 radical (unpaired) electrons. The van der Waals surface area contributed by atoms with E-state index in [9.17, 15) is 17.6 Å². The number of carbonyl (C=O) groups is 1. The van der Waals surface area contributed by atoms with Gasteiger partial charge in [-0.2, -0.15) is 0 Å². The third kappa shape index (κ3) is 4.24. The molecule has 6 nitrogen and oxygen atoms in total. The second kappa shape index (κ2) is 7.06. The number of rotatable bonds is 4. The molecule has 0 unspecified atom stereocenters. The Morgan fingerprint density at radius 1 is 1.25 bits per heavy atom. The van der Waals surface area contributed by atoms with E-state index in [-0.39, 0.29) is 29.5 Å². The van der Waals surface area contributed by atoms with E-state index >= 15 is 0 Å². The van der Waals surface area contributed by atoms with Crippen LogP contribution < -0.4 is 10.6 Å². The molecule has 0 aliphatic carbocycles. The summed E-state index contributed by atoms with van der Waals surface area (Å²) >= 11 is 0. The van der Waals surface area contributed by atoms with Crippen LogP contribution in [0.4, 0.5) is 9.18 Å². The van der Waals surface area contributed by atoms with Crippen molar-refractivity contribution in [1.29, 1.82) is 0 Å². The Kier molecular flexibility index (Phi) is 5.05. The van der Waals surface area contributed by atoms with Gasteiger partial charge in [0.25, 0.3) is 0 Å². The van der Waals surface area contributed by atoms with E-state index in [1.807, 2.05) is 0 Å². The standard InChI is InChI=1S/C16H21FN2O4S/c17-12-5-3-11(4-6-12)15(14-2-1-8-23-14)19-16(20)18-13-7-9-24(21,22)10-13/h3-6,13-15H,1-2,7-10H2,(H2,18,19,20)/t13-,14-,15+/m1/s1. The molecule has 2 aliphatic heterocycles. The van der Waals surface area contributed by atoms with Gasteiger partial charge >= 0.3 is 6.03 Å². The molecule has 24 heavy (non-hydrogen) atoms. The molecule has 2 amide bonds. The highest BCUT2D eigenvalue weighted by molar-refractivity contribution is 7.91. The molecule has 132 valence electrons. The van der Waals surface area contributed by atoms with Crippen LogP contribution in [0.15, 0.2) is 24.3 Å². The maximum Gasteiger partial charge on any atom is 0.315 e. The molecule has 2 fully saturated rings. The fourth-order valence-electron chi connectivity index (χ4n) is 3.20. The number of urea groups is 1. The van der Waals surface area contributed by atoms with E-state index in [0.29, 0.717) is 13.0 Å². The highest BCUT2D eigenvalue weighted by atomic mass is 32.2. The number of halogens is 1. The molecule has 8 heteroatoms. The Labute approximate surface area is 140 Å². The molecule has 1 aromatic carbocycles. The lowest BCUT2D eigenvalue weighted by atomic mass is 9.99. The van der Waals surface area contributed by atoms with E-state index in [1.54, 1.807) is 12.1 Å². The van der Waals surface area contributed by atoms with Crippen LogP contribution in [0.1, 0.15) is 30.9 Å². The Bertz CT molecular complexity index is 687. The van der Waals surface area contributed by atoms with E-state index in [1.165, 1.54) is 12.1 Å². The lowest BCUT2D eigenvalue weighted by molar-refractivity contribution is 0.0806. The largest absolute Gasteiger partial charge is 0.376 e. The van der Waals surface area contributed by atoms with E-state index < -0.39 is 21.9 Å². The van der Waals surface area contributed by atoms with Gasteiger partial charge < -0.3 is 15.4 Å². The average Bonchev–Trinajstić information content (AvgIpc) is 3.16. The van der Waals surface area contributed by atoms with E-state index in [4.69, 9.17) is 4.74 Å². The van der Waals surface area contributed by atoms with Crippen LogP contribution in [0.5, 0.6) is 0 Å². The molecule has 2 saturated heterocycles. The van der Waals surface area contributed by atoms with Crippen molar-refractivity contribution in [3.63, 3.8) is 0 Å². The second-order valence-corrected chi connectivity index (χ2v) is 8.53. The summed E-state index contributed by atoms with van der Waals surface area (Å²) in [5, 5.41) is 5.57. The highest BCUT2D eigenvalue weighted by Gasteiger charge is 2.32. The summed E-state index contributed by atoms with van der Waals surface area (Å²) in [6.07, 6.45) is 1.97. The van der Waals surface area contributed by atoms with Gasteiger partial charge in [0.1, 0.15) is 5.82 Å². The molecule has 2 N–H and O–H groups in total. The number of carbonyl (C=O) groups excluding carboxylic acids is 1. The number of hydrogen-bond donors (Lipinski definition) is 2. The van der Waals surface area contributed by atoms with Crippen molar-refractivity contribution < 1.29 is 22.3 Å². The topological polar surface area (TPSA) is 84.5 Å². The molecule has 0 aromatic heterocycles. The van der Waals surface area contributed by atoms with Gasteiger partial charge in [0.15, 0.2) is 9.84 Å². The number of amides is 2. The number of benzene rings is 1. The summed E-state index contributed by atoms with van der Waals surface area (Å²) in [6.45, 7) is 0.631. The van der Waals surface area contributed by atoms with Crippen LogP contribution in [-0.2, 0) is 14.6 Å². The summed E-state index contributed by atoms with van der Waals surface area (Å²) in [4.78, 5) is 12.3. The van der Waals surface area contributed by atoms with Crippen LogP contribution in [0, 0.1) is 5.82 Å². The predicted molar refractivity (Wildman–Crippen MR) is 86.8 cm³/mol. The lowest BCUT2D eigenvalue weighted by Gasteiger charge is -2.25. The molecule has 2 heterocycles.